The lowest BCUT2D eigenvalue weighted by Gasteiger charge is -2.35. The summed E-state index contributed by atoms with van der Waals surface area (Å²) in [5.74, 6) is 0.962. The third-order valence-corrected chi connectivity index (χ3v) is 5.71. The summed E-state index contributed by atoms with van der Waals surface area (Å²) in [4.78, 5) is 12.5. The summed E-state index contributed by atoms with van der Waals surface area (Å²) in [5, 5.41) is 0.636. The van der Waals surface area contributed by atoms with Gasteiger partial charge in [0.05, 0.1) is 5.52 Å². The fourth-order valence-electron chi connectivity index (χ4n) is 4.23. The number of benzene rings is 1. The monoisotopic (exact) mass is 432 g/mol. The topological polar surface area (TPSA) is 32.3 Å². The maximum atomic E-state index is 13.4. The third kappa shape index (κ3) is 5.12. The molecule has 3 aromatic rings. The van der Waals surface area contributed by atoms with Gasteiger partial charge in [0.15, 0.2) is 0 Å². The number of halogens is 4. The van der Waals surface area contributed by atoms with Crippen molar-refractivity contribution in [3.63, 3.8) is 0 Å². The highest BCUT2D eigenvalue weighted by molar-refractivity contribution is 5.89. The highest BCUT2D eigenvalue weighted by Gasteiger charge is 2.33. The standard InChI is InChI=1S/C23H24F4N4/c1-30(15-17-3-2-4-18(24)13-17)14-16-8-11-31(12-9-16)22-19-5-6-21(23(25,26)27)29-20(19)7-10-28-22/h2-7,10,13,16H,8-9,11-12,14-15H2,1H3. The van der Waals surface area contributed by atoms with Crippen LogP contribution in [0.2, 0.25) is 0 Å². The van der Waals surface area contributed by atoms with E-state index < -0.39 is 11.9 Å². The summed E-state index contributed by atoms with van der Waals surface area (Å²) >= 11 is 0. The second-order valence-corrected chi connectivity index (χ2v) is 8.15. The van der Waals surface area contributed by atoms with Crippen LogP contribution in [0.25, 0.3) is 10.9 Å². The molecule has 1 fully saturated rings. The molecule has 0 spiro atoms. The first-order chi connectivity index (χ1) is 14.8. The number of anilines is 1. The molecular formula is C23H24F4N4. The van der Waals surface area contributed by atoms with Crippen LogP contribution in [-0.2, 0) is 12.7 Å². The molecule has 0 N–H and O–H groups in total. The van der Waals surface area contributed by atoms with Gasteiger partial charge in [-0.05, 0) is 61.7 Å². The molecule has 1 saturated heterocycles. The molecule has 164 valence electrons. The lowest BCUT2D eigenvalue weighted by Crippen LogP contribution is -2.38. The average Bonchev–Trinajstić information content (AvgIpc) is 2.73. The van der Waals surface area contributed by atoms with E-state index in [-0.39, 0.29) is 5.82 Å². The van der Waals surface area contributed by atoms with Crippen LogP contribution in [0.3, 0.4) is 0 Å². The first-order valence-corrected chi connectivity index (χ1v) is 10.3. The van der Waals surface area contributed by atoms with Gasteiger partial charge in [0, 0.05) is 37.8 Å². The van der Waals surface area contributed by atoms with Crippen LogP contribution in [0.15, 0.2) is 48.7 Å². The van der Waals surface area contributed by atoms with Crippen molar-refractivity contribution >= 4 is 16.7 Å². The minimum Gasteiger partial charge on any atom is -0.356 e. The second kappa shape index (κ2) is 8.78. The number of aromatic nitrogens is 2. The molecule has 1 aliphatic heterocycles. The summed E-state index contributed by atoms with van der Waals surface area (Å²) in [6.07, 6.45) is -1.03. The van der Waals surface area contributed by atoms with E-state index in [1.54, 1.807) is 12.1 Å². The molecule has 0 bridgehead atoms. The molecular weight excluding hydrogens is 408 g/mol. The Balaban J connectivity index is 1.39. The second-order valence-electron chi connectivity index (χ2n) is 8.15. The van der Waals surface area contributed by atoms with E-state index in [0.717, 1.165) is 44.1 Å². The van der Waals surface area contributed by atoms with E-state index in [9.17, 15) is 17.6 Å². The number of alkyl halides is 3. The number of nitrogens with zero attached hydrogens (tertiary/aromatic N) is 4. The average molecular weight is 432 g/mol. The van der Waals surface area contributed by atoms with Gasteiger partial charge in [-0.2, -0.15) is 13.2 Å². The molecule has 4 nitrogen and oxygen atoms in total. The first kappa shape index (κ1) is 21.5. The van der Waals surface area contributed by atoms with Crippen molar-refractivity contribution in [2.75, 3.05) is 31.6 Å². The van der Waals surface area contributed by atoms with E-state index in [1.807, 2.05) is 13.1 Å². The van der Waals surface area contributed by atoms with Gasteiger partial charge in [-0.15, -0.1) is 0 Å². The molecule has 2 aromatic heterocycles. The fourth-order valence-corrected chi connectivity index (χ4v) is 4.23. The zero-order chi connectivity index (χ0) is 22.0. The zero-order valence-electron chi connectivity index (χ0n) is 17.2. The summed E-state index contributed by atoms with van der Waals surface area (Å²) in [6, 6.07) is 10.6. The number of piperidine rings is 1. The van der Waals surface area contributed by atoms with Crippen molar-refractivity contribution in [3.05, 3.63) is 65.7 Å². The Kier molecular flexibility index (Phi) is 6.09. The zero-order valence-corrected chi connectivity index (χ0v) is 17.2. The van der Waals surface area contributed by atoms with Crippen LogP contribution in [0.1, 0.15) is 24.1 Å². The van der Waals surface area contributed by atoms with Crippen molar-refractivity contribution in [1.82, 2.24) is 14.9 Å². The van der Waals surface area contributed by atoms with Crippen molar-refractivity contribution in [3.8, 4) is 0 Å². The number of hydrogen-bond acceptors (Lipinski definition) is 4. The Hall–Kier alpha value is -2.74. The van der Waals surface area contributed by atoms with Crippen LogP contribution in [0.5, 0.6) is 0 Å². The van der Waals surface area contributed by atoms with Crippen molar-refractivity contribution in [1.29, 1.82) is 0 Å². The Morgan fingerprint density at radius 2 is 1.87 bits per heavy atom. The molecule has 0 atom stereocenters. The number of fused-ring (bicyclic) bond motifs is 1. The highest BCUT2D eigenvalue weighted by atomic mass is 19.4. The summed E-state index contributed by atoms with van der Waals surface area (Å²) in [6.45, 7) is 3.16. The Morgan fingerprint density at radius 3 is 2.58 bits per heavy atom. The van der Waals surface area contributed by atoms with Gasteiger partial charge in [0.25, 0.3) is 0 Å². The van der Waals surface area contributed by atoms with Crippen molar-refractivity contribution < 1.29 is 17.6 Å². The molecule has 1 aliphatic rings. The lowest BCUT2D eigenvalue weighted by molar-refractivity contribution is -0.140. The molecule has 1 aromatic carbocycles. The van der Waals surface area contributed by atoms with Crippen LogP contribution < -0.4 is 4.90 Å². The highest BCUT2D eigenvalue weighted by Crippen LogP contribution is 2.32. The summed E-state index contributed by atoms with van der Waals surface area (Å²) < 4.78 is 52.3. The minimum atomic E-state index is -4.46. The van der Waals surface area contributed by atoms with E-state index in [4.69, 9.17) is 0 Å². The SMILES string of the molecule is CN(Cc1cccc(F)c1)CC1CCN(c2nccc3nc(C(F)(F)F)ccc23)CC1. The Labute approximate surface area is 178 Å². The molecule has 0 aliphatic carbocycles. The molecule has 3 heterocycles. The Morgan fingerprint density at radius 1 is 1.10 bits per heavy atom. The summed E-state index contributed by atoms with van der Waals surface area (Å²) in [5.41, 5.74) is 0.361. The number of hydrogen-bond donors (Lipinski definition) is 0. The van der Waals surface area contributed by atoms with Gasteiger partial charge in [0.2, 0.25) is 0 Å². The number of rotatable bonds is 5. The maximum absolute atomic E-state index is 13.4. The molecule has 31 heavy (non-hydrogen) atoms. The van der Waals surface area contributed by atoms with Crippen molar-refractivity contribution in [2.24, 2.45) is 5.92 Å². The van der Waals surface area contributed by atoms with Crippen LogP contribution in [0.4, 0.5) is 23.4 Å². The number of pyridine rings is 2. The predicted octanol–water partition coefficient (Wildman–Crippen LogP) is 5.14. The Bertz CT molecular complexity index is 1050. The molecule has 0 unspecified atom stereocenters. The largest absolute Gasteiger partial charge is 0.433 e. The van der Waals surface area contributed by atoms with E-state index >= 15 is 0 Å². The van der Waals surface area contributed by atoms with Gasteiger partial charge < -0.3 is 9.80 Å². The van der Waals surface area contributed by atoms with Gasteiger partial charge in [-0.3, -0.25) is 0 Å². The van der Waals surface area contributed by atoms with E-state index in [0.29, 0.717) is 29.2 Å². The molecule has 0 amide bonds. The van der Waals surface area contributed by atoms with Crippen LogP contribution >= 0.6 is 0 Å². The van der Waals surface area contributed by atoms with Crippen molar-refractivity contribution in [2.45, 2.75) is 25.6 Å². The van der Waals surface area contributed by atoms with E-state index in [1.165, 1.54) is 24.4 Å². The third-order valence-electron chi connectivity index (χ3n) is 5.71. The lowest BCUT2D eigenvalue weighted by atomic mass is 9.96. The summed E-state index contributed by atoms with van der Waals surface area (Å²) in [7, 11) is 2.04. The van der Waals surface area contributed by atoms with Crippen LogP contribution in [0, 0.1) is 11.7 Å². The van der Waals surface area contributed by atoms with Crippen LogP contribution in [-0.4, -0.2) is 41.5 Å². The fraction of sp³-hybridized carbons (Fsp3) is 0.391. The van der Waals surface area contributed by atoms with Gasteiger partial charge in [0.1, 0.15) is 17.3 Å². The molecule has 0 saturated carbocycles. The molecule has 0 radical (unpaired) electrons. The van der Waals surface area contributed by atoms with Gasteiger partial charge in [-0.1, -0.05) is 12.1 Å². The predicted molar refractivity (Wildman–Crippen MR) is 112 cm³/mol. The normalized spacial score (nSPS) is 15.7. The van der Waals surface area contributed by atoms with Gasteiger partial charge in [-0.25, -0.2) is 14.4 Å². The molecule has 8 heteroatoms. The first-order valence-electron chi connectivity index (χ1n) is 10.3. The maximum Gasteiger partial charge on any atom is 0.433 e. The quantitative estimate of drug-likeness (QED) is 0.523. The molecule has 4 rings (SSSR count). The minimum absolute atomic E-state index is 0.223. The van der Waals surface area contributed by atoms with E-state index in [2.05, 4.69) is 19.8 Å². The smallest absolute Gasteiger partial charge is 0.356 e. The van der Waals surface area contributed by atoms with Gasteiger partial charge >= 0.3 is 6.18 Å².